The van der Waals surface area contributed by atoms with Crippen LogP contribution in [0.15, 0.2) is 44.9 Å². The topological polar surface area (TPSA) is 99.1 Å². The molecule has 0 radical (unpaired) electrons. The molecule has 84 valence electrons. The van der Waals surface area contributed by atoms with Crippen LogP contribution in [0, 0.1) is 0 Å². The van der Waals surface area contributed by atoms with Crippen LogP contribution >= 0.6 is 0 Å². The van der Waals surface area contributed by atoms with Crippen LogP contribution in [0.4, 0.5) is 0 Å². The van der Waals surface area contributed by atoms with Crippen molar-refractivity contribution in [2.45, 2.75) is 16.5 Å². The first-order chi connectivity index (χ1) is 7.66. The van der Waals surface area contributed by atoms with Crippen molar-refractivity contribution < 1.29 is 13.0 Å². The summed E-state index contributed by atoms with van der Waals surface area (Å²) in [6.45, 7) is -0.0368. The molecular formula is C9H9N3O3S. The molecule has 6 nitrogen and oxygen atoms in total. The summed E-state index contributed by atoms with van der Waals surface area (Å²) in [4.78, 5) is 0.139. The third kappa shape index (κ3) is 1.70. The molecule has 0 amide bonds. The summed E-state index contributed by atoms with van der Waals surface area (Å²) in [6.07, 6.45) is 0. The molecule has 2 rings (SSSR count). The highest BCUT2D eigenvalue weighted by atomic mass is 32.2. The van der Waals surface area contributed by atoms with Gasteiger partial charge in [0, 0.05) is 6.54 Å². The molecule has 0 unspecified atom stereocenters. The molecule has 0 spiro atoms. The monoisotopic (exact) mass is 239 g/mol. The van der Waals surface area contributed by atoms with Crippen LogP contribution in [-0.4, -0.2) is 18.7 Å². The highest BCUT2D eigenvalue weighted by molar-refractivity contribution is 7.91. The highest BCUT2D eigenvalue weighted by Crippen LogP contribution is 2.20. The molecular weight excluding hydrogens is 230 g/mol. The average molecular weight is 239 g/mol. The summed E-state index contributed by atoms with van der Waals surface area (Å²) in [5, 5.41) is 6.60. The molecule has 0 bridgehead atoms. The maximum absolute atomic E-state index is 12.1. The van der Waals surface area contributed by atoms with E-state index in [9.17, 15) is 8.42 Å². The third-order valence-electron chi connectivity index (χ3n) is 2.02. The Balaban J connectivity index is 2.56. The largest absolute Gasteiger partial charge is 0.325 e. The van der Waals surface area contributed by atoms with Crippen LogP contribution in [0.2, 0.25) is 0 Å². The van der Waals surface area contributed by atoms with Crippen molar-refractivity contribution in [2.24, 2.45) is 5.73 Å². The molecule has 0 saturated heterocycles. The predicted molar refractivity (Wildman–Crippen MR) is 54.1 cm³/mol. The van der Waals surface area contributed by atoms with Crippen LogP contribution in [0.25, 0.3) is 0 Å². The van der Waals surface area contributed by atoms with E-state index in [1.54, 1.807) is 18.2 Å². The number of nitrogens with zero attached hydrogens (tertiary/aromatic N) is 2. The predicted octanol–water partition coefficient (Wildman–Crippen LogP) is 0.361. The Bertz CT molecular complexity index is 577. The maximum Gasteiger partial charge on any atom is 0.229 e. The molecule has 1 heterocycles. The van der Waals surface area contributed by atoms with Crippen LogP contribution in [0.5, 0.6) is 0 Å². The minimum absolute atomic E-state index is 0.0368. The quantitative estimate of drug-likeness (QED) is 0.830. The van der Waals surface area contributed by atoms with Crippen LogP contribution in [-0.2, 0) is 16.4 Å². The molecule has 0 fully saturated rings. The van der Waals surface area contributed by atoms with Crippen molar-refractivity contribution in [1.29, 1.82) is 0 Å². The lowest BCUT2D eigenvalue weighted by Crippen LogP contribution is -2.08. The normalized spacial score (nSPS) is 11.6. The number of hydrogen-bond donors (Lipinski definition) is 1. The van der Waals surface area contributed by atoms with Crippen molar-refractivity contribution in [3.05, 3.63) is 36.0 Å². The fourth-order valence-electron chi connectivity index (χ4n) is 1.24. The maximum atomic E-state index is 12.1. The molecule has 1 aromatic heterocycles. The second kappa shape index (κ2) is 4.03. The Morgan fingerprint density at radius 3 is 2.50 bits per heavy atom. The van der Waals surface area contributed by atoms with Gasteiger partial charge in [0.15, 0.2) is 0 Å². The molecule has 1 aromatic carbocycles. The fraction of sp³-hybridized carbons (Fsp3) is 0.111. The summed E-state index contributed by atoms with van der Waals surface area (Å²) in [5.41, 5.74) is 5.47. The molecule has 0 aliphatic carbocycles. The smallest absolute Gasteiger partial charge is 0.229 e. The van der Waals surface area contributed by atoms with Gasteiger partial charge in [0.25, 0.3) is 0 Å². The molecule has 0 saturated carbocycles. The first kappa shape index (κ1) is 10.8. The molecule has 2 aromatic rings. The van der Waals surface area contributed by atoms with Gasteiger partial charge in [-0.05, 0) is 17.3 Å². The summed E-state index contributed by atoms with van der Waals surface area (Å²) in [6, 6.07) is 7.93. The van der Waals surface area contributed by atoms with E-state index in [1.165, 1.54) is 12.1 Å². The SMILES string of the molecule is NCc1nonc1S(=O)(=O)c1ccccc1. The van der Waals surface area contributed by atoms with E-state index in [-0.39, 0.29) is 22.2 Å². The van der Waals surface area contributed by atoms with Crippen LogP contribution in [0.3, 0.4) is 0 Å². The van der Waals surface area contributed by atoms with Gasteiger partial charge < -0.3 is 5.73 Å². The first-order valence-corrected chi connectivity index (χ1v) is 5.96. The molecule has 16 heavy (non-hydrogen) atoms. The third-order valence-corrected chi connectivity index (χ3v) is 3.74. The molecule has 7 heteroatoms. The van der Waals surface area contributed by atoms with E-state index in [0.29, 0.717) is 0 Å². The van der Waals surface area contributed by atoms with E-state index in [2.05, 4.69) is 14.9 Å². The number of nitrogens with two attached hydrogens (primary N) is 1. The molecule has 0 aliphatic heterocycles. The Morgan fingerprint density at radius 1 is 1.19 bits per heavy atom. The van der Waals surface area contributed by atoms with Gasteiger partial charge in [-0.2, -0.15) is 0 Å². The van der Waals surface area contributed by atoms with Gasteiger partial charge in [0.05, 0.1) is 4.90 Å². The lowest BCUT2D eigenvalue weighted by atomic mass is 10.4. The summed E-state index contributed by atoms with van der Waals surface area (Å²) in [7, 11) is -3.69. The Labute approximate surface area is 92.0 Å². The summed E-state index contributed by atoms with van der Waals surface area (Å²) in [5.74, 6) is 0. The number of sulfone groups is 1. The van der Waals surface area contributed by atoms with Gasteiger partial charge in [-0.3, -0.25) is 0 Å². The second-order valence-electron chi connectivity index (χ2n) is 3.04. The molecule has 0 atom stereocenters. The van der Waals surface area contributed by atoms with E-state index in [4.69, 9.17) is 5.73 Å². The lowest BCUT2D eigenvalue weighted by molar-refractivity contribution is 0.295. The van der Waals surface area contributed by atoms with E-state index < -0.39 is 9.84 Å². The van der Waals surface area contributed by atoms with Gasteiger partial charge in [-0.25, -0.2) is 13.0 Å². The van der Waals surface area contributed by atoms with Gasteiger partial charge in [0.1, 0.15) is 5.69 Å². The second-order valence-corrected chi connectivity index (χ2v) is 4.90. The van der Waals surface area contributed by atoms with Gasteiger partial charge >= 0.3 is 0 Å². The Hall–Kier alpha value is -1.73. The minimum Gasteiger partial charge on any atom is -0.325 e. The number of rotatable bonds is 3. The Morgan fingerprint density at radius 2 is 1.88 bits per heavy atom. The van der Waals surface area contributed by atoms with Crippen molar-refractivity contribution in [3.8, 4) is 0 Å². The van der Waals surface area contributed by atoms with Gasteiger partial charge in [-0.1, -0.05) is 23.4 Å². The summed E-state index contributed by atoms with van der Waals surface area (Å²) < 4.78 is 28.5. The van der Waals surface area contributed by atoms with Gasteiger partial charge in [-0.15, -0.1) is 0 Å². The van der Waals surface area contributed by atoms with E-state index in [0.717, 1.165) is 0 Å². The summed E-state index contributed by atoms with van der Waals surface area (Å²) >= 11 is 0. The fourth-order valence-corrected chi connectivity index (χ4v) is 2.54. The zero-order chi connectivity index (χ0) is 11.6. The highest BCUT2D eigenvalue weighted by Gasteiger charge is 2.25. The van der Waals surface area contributed by atoms with E-state index >= 15 is 0 Å². The van der Waals surface area contributed by atoms with Gasteiger partial charge in [0.2, 0.25) is 14.9 Å². The molecule has 2 N–H and O–H groups in total. The first-order valence-electron chi connectivity index (χ1n) is 4.48. The number of aromatic nitrogens is 2. The van der Waals surface area contributed by atoms with E-state index in [1.807, 2.05) is 0 Å². The zero-order valence-electron chi connectivity index (χ0n) is 8.20. The van der Waals surface area contributed by atoms with Crippen LogP contribution < -0.4 is 5.73 Å². The standard InChI is InChI=1S/C9H9N3O3S/c10-6-8-9(12-15-11-8)16(13,14)7-4-2-1-3-5-7/h1-5H,6,10H2. The Kier molecular flexibility index (Phi) is 2.71. The van der Waals surface area contributed by atoms with Crippen molar-refractivity contribution >= 4 is 9.84 Å². The average Bonchev–Trinajstić information content (AvgIpc) is 2.79. The molecule has 0 aliphatic rings. The van der Waals surface area contributed by atoms with Crippen molar-refractivity contribution in [3.63, 3.8) is 0 Å². The van der Waals surface area contributed by atoms with Crippen molar-refractivity contribution in [1.82, 2.24) is 10.3 Å². The van der Waals surface area contributed by atoms with Crippen LogP contribution in [0.1, 0.15) is 5.69 Å². The minimum atomic E-state index is -3.69. The number of hydrogen-bond acceptors (Lipinski definition) is 6. The van der Waals surface area contributed by atoms with Crippen molar-refractivity contribution in [2.75, 3.05) is 0 Å². The number of benzene rings is 1. The zero-order valence-corrected chi connectivity index (χ0v) is 9.02. The lowest BCUT2D eigenvalue weighted by Gasteiger charge is -2.00.